The summed E-state index contributed by atoms with van der Waals surface area (Å²) in [5, 5.41) is 1.16. The second kappa shape index (κ2) is 12.6. The van der Waals surface area contributed by atoms with Crippen molar-refractivity contribution in [1.82, 2.24) is 4.98 Å². The van der Waals surface area contributed by atoms with Crippen LogP contribution < -0.4 is 52.4 Å². The molecule has 0 spiro atoms. The Labute approximate surface area is 409 Å². The number of pyridine rings is 1. The van der Waals surface area contributed by atoms with Crippen LogP contribution in [0.2, 0.25) is 0 Å². The summed E-state index contributed by atoms with van der Waals surface area (Å²) in [7, 11) is 0. The van der Waals surface area contributed by atoms with Gasteiger partial charge in [0, 0.05) is 50.2 Å². The number of fused-ring (bicyclic) bond motifs is 19. The Balaban J connectivity index is 1.08. The minimum absolute atomic E-state index is 0.0145. The molecule has 1 aromatic heterocycles. The summed E-state index contributed by atoms with van der Waals surface area (Å²) in [6.07, 6.45) is 0. The van der Waals surface area contributed by atoms with E-state index < -0.39 is 0 Å². The SMILES string of the molecule is c1ccc2c(c1)Sc1cccc3c1N2c1cc2c4c5c(nc2c2c1B3c1cccc3c1N2c1ccccc1S3)N1c2ccccc2Sc2cccc(c21)B5c1cccc2c1N4c1ccccc1S2. The normalized spacial score (nSPS) is 15.5. The molecule has 68 heavy (non-hydrogen) atoms. The van der Waals surface area contributed by atoms with Crippen LogP contribution in [0.5, 0.6) is 0 Å². The van der Waals surface area contributed by atoms with Gasteiger partial charge in [-0.2, -0.15) is 0 Å². The lowest BCUT2D eigenvalue weighted by atomic mass is 9.33. The Kier molecular flexibility index (Phi) is 6.71. The highest BCUT2D eigenvalue weighted by atomic mass is 32.2. The maximum atomic E-state index is 6.31. The zero-order chi connectivity index (χ0) is 43.7. The standard InChI is InChI=1S/C57H29B2N5S4/c1-5-21-40-35(17-1)61-39-29-30-50(56-48(39)58(31-13-9-25-44(65-40)52(31)61)32-14-10-27-46-54(32)63(56)37-19-3-7-23-42(37)67-46)60-57-49-51(30)62-36-18-2-6-22-41(36)66-45-26-11-15-33(53(45)62)59(49)34-16-12-28-47-55(34)64(57)38-20-4-8-24-43(38)68-47/h1-29H. The van der Waals surface area contributed by atoms with Crippen LogP contribution in [0.25, 0.3) is 10.9 Å². The van der Waals surface area contributed by atoms with Gasteiger partial charge in [-0.3, -0.25) is 4.90 Å². The van der Waals surface area contributed by atoms with Crippen molar-refractivity contribution >= 4 is 173 Å². The lowest BCUT2D eigenvalue weighted by Gasteiger charge is -2.49. The molecule has 8 aliphatic rings. The Bertz CT molecular complexity index is 3800. The van der Waals surface area contributed by atoms with E-state index in [2.05, 4.69) is 196 Å². The largest absolute Gasteiger partial charge is 0.309 e. The number of nitrogens with zero attached hydrogens (tertiary/aromatic N) is 5. The third-order valence-corrected chi connectivity index (χ3v) is 19.8. The third-order valence-electron chi connectivity index (χ3n) is 15.3. The number of benzene rings is 9. The summed E-state index contributed by atoms with van der Waals surface area (Å²) in [6.45, 7) is -0.0515. The van der Waals surface area contributed by atoms with Crippen molar-refractivity contribution in [2.45, 2.75) is 39.2 Å². The van der Waals surface area contributed by atoms with E-state index >= 15 is 0 Å². The average molecular weight is 934 g/mol. The summed E-state index contributed by atoms with van der Waals surface area (Å²) in [5.41, 5.74) is 22.5. The smallest absolute Gasteiger partial charge is 0.254 e. The topological polar surface area (TPSA) is 25.9 Å². The number of para-hydroxylation sites is 8. The average Bonchev–Trinajstić information content (AvgIpc) is 3.38. The summed E-state index contributed by atoms with van der Waals surface area (Å²) >= 11 is 7.57. The van der Waals surface area contributed by atoms with E-state index in [0.717, 1.165) is 16.7 Å². The molecule has 0 radical (unpaired) electrons. The van der Waals surface area contributed by atoms with Gasteiger partial charge in [0.2, 0.25) is 0 Å². The van der Waals surface area contributed by atoms with Gasteiger partial charge in [-0.1, -0.05) is 144 Å². The molecule has 0 saturated heterocycles. The molecule has 0 bridgehead atoms. The van der Waals surface area contributed by atoms with Gasteiger partial charge in [0.25, 0.3) is 13.4 Å². The van der Waals surface area contributed by atoms with E-state index in [0.29, 0.717) is 0 Å². The van der Waals surface area contributed by atoms with Crippen LogP contribution in [0.4, 0.5) is 68.4 Å². The van der Waals surface area contributed by atoms with Crippen LogP contribution in [-0.4, -0.2) is 18.4 Å². The van der Waals surface area contributed by atoms with Crippen molar-refractivity contribution in [2.24, 2.45) is 0 Å². The van der Waals surface area contributed by atoms with Gasteiger partial charge < -0.3 is 14.7 Å². The zero-order valence-corrected chi connectivity index (χ0v) is 39.0. The quantitative estimate of drug-likeness (QED) is 0.138. The van der Waals surface area contributed by atoms with Crippen LogP contribution in [0.3, 0.4) is 0 Å². The molecular formula is C57H29B2N5S4. The van der Waals surface area contributed by atoms with E-state index in [1.807, 2.05) is 47.0 Å². The molecule has 18 rings (SSSR count). The van der Waals surface area contributed by atoms with Crippen molar-refractivity contribution in [3.05, 3.63) is 176 Å². The molecule has 0 unspecified atom stereocenters. The first-order valence-corrected chi connectivity index (χ1v) is 26.4. The maximum absolute atomic E-state index is 6.31. The van der Waals surface area contributed by atoms with Crippen LogP contribution in [0, 0.1) is 0 Å². The predicted octanol–water partition coefficient (Wildman–Crippen LogP) is 12.3. The Morgan fingerprint density at radius 2 is 0.676 bits per heavy atom. The van der Waals surface area contributed by atoms with Crippen LogP contribution in [0.15, 0.2) is 215 Å². The molecule has 9 heterocycles. The number of hydrogen-bond acceptors (Lipinski definition) is 9. The molecule has 9 aromatic carbocycles. The van der Waals surface area contributed by atoms with E-state index in [1.54, 1.807) is 0 Å². The van der Waals surface area contributed by atoms with Gasteiger partial charge in [-0.05, 0) is 112 Å². The highest BCUT2D eigenvalue weighted by Gasteiger charge is 2.52. The second-order valence-electron chi connectivity index (χ2n) is 18.5. The fourth-order valence-corrected chi connectivity index (χ4v) is 17.3. The minimum atomic E-state index is -0.0370. The molecule has 0 N–H and O–H groups in total. The summed E-state index contributed by atoms with van der Waals surface area (Å²) in [5.74, 6) is 1.02. The van der Waals surface area contributed by atoms with Gasteiger partial charge in [0.1, 0.15) is 5.82 Å². The molecule has 0 atom stereocenters. The first-order chi connectivity index (χ1) is 33.8. The summed E-state index contributed by atoms with van der Waals surface area (Å²) < 4.78 is 0. The maximum Gasteiger partial charge on any atom is 0.254 e. The predicted molar refractivity (Wildman–Crippen MR) is 286 cm³/mol. The summed E-state index contributed by atoms with van der Waals surface area (Å²) in [4.78, 5) is 26.9. The molecule has 0 amide bonds. The van der Waals surface area contributed by atoms with Gasteiger partial charge in [-0.15, -0.1) is 0 Å². The molecule has 0 saturated carbocycles. The van der Waals surface area contributed by atoms with Crippen molar-refractivity contribution in [3.63, 3.8) is 0 Å². The Morgan fingerprint density at radius 1 is 0.309 bits per heavy atom. The van der Waals surface area contributed by atoms with Gasteiger partial charge in [-0.25, -0.2) is 4.98 Å². The Hall–Kier alpha value is -6.88. The molecule has 8 aliphatic heterocycles. The van der Waals surface area contributed by atoms with Crippen LogP contribution in [-0.2, 0) is 0 Å². The molecule has 0 aliphatic carbocycles. The first kappa shape index (κ1) is 36.2. The van der Waals surface area contributed by atoms with E-state index in [-0.39, 0.29) is 13.4 Å². The molecule has 312 valence electrons. The number of aromatic nitrogens is 1. The Morgan fingerprint density at radius 3 is 1.16 bits per heavy atom. The van der Waals surface area contributed by atoms with E-state index in [1.165, 1.54) is 135 Å². The second-order valence-corrected chi connectivity index (χ2v) is 22.8. The molecule has 0 fully saturated rings. The fourth-order valence-electron chi connectivity index (χ4n) is 12.9. The zero-order valence-electron chi connectivity index (χ0n) is 35.8. The van der Waals surface area contributed by atoms with Crippen molar-refractivity contribution in [2.75, 3.05) is 19.6 Å². The third kappa shape index (κ3) is 4.24. The monoisotopic (exact) mass is 933 g/mol. The van der Waals surface area contributed by atoms with Crippen molar-refractivity contribution in [1.29, 1.82) is 0 Å². The first-order valence-electron chi connectivity index (χ1n) is 23.1. The van der Waals surface area contributed by atoms with E-state index in [4.69, 9.17) is 4.98 Å². The number of hydrogen-bond donors (Lipinski definition) is 0. The fraction of sp³-hybridized carbons (Fsp3) is 0. The lowest BCUT2D eigenvalue weighted by Crippen LogP contribution is -2.63. The van der Waals surface area contributed by atoms with Gasteiger partial charge >= 0.3 is 0 Å². The van der Waals surface area contributed by atoms with Crippen molar-refractivity contribution in [3.8, 4) is 0 Å². The lowest BCUT2D eigenvalue weighted by molar-refractivity contribution is 1.11. The number of rotatable bonds is 0. The summed E-state index contributed by atoms with van der Waals surface area (Å²) in [6, 6.07) is 66.6. The molecule has 11 heteroatoms. The van der Waals surface area contributed by atoms with Crippen LogP contribution >= 0.6 is 47.0 Å². The van der Waals surface area contributed by atoms with Crippen molar-refractivity contribution < 1.29 is 0 Å². The van der Waals surface area contributed by atoms with Crippen LogP contribution in [0.1, 0.15) is 0 Å². The van der Waals surface area contributed by atoms with E-state index in [9.17, 15) is 0 Å². The molecular weight excluding hydrogens is 905 g/mol. The van der Waals surface area contributed by atoms with Gasteiger partial charge in [0.05, 0.1) is 62.4 Å². The van der Waals surface area contributed by atoms with Gasteiger partial charge in [0.15, 0.2) is 0 Å². The number of anilines is 12. The minimum Gasteiger partial charge on any atom is -0.309 e. The highest BCUT2D eigenvalue weighted by molar-refractivity contribution is 8.00. The molecule has 10 aromatic rings. The highest BCUT2D eigenvalue weighted by Crippen LogP contribution is 2.62. The molecule has 5 nitrogen and oxygen atoms in total.